The Morgan fingerprint density at radius 3 is 2.89 bits per heavy atom. The first kappa shape index (κ1) is 18.4. The summed E-state index contributed by atoms with van der Waals surface area (Å²) in [6.45, 7) is 0.193. The SMILES string of the molecule is O=C(CSc1nnnn1-c1ccccc1)NN=Cc1cc2c(cc1Br)OCO2. The fraction of sp³-hybridized carbons (Fsp3) is 0.118. The van der Waals surface area contributed by atoms with Crippen LogP contribution in [0.1, 0.15) is 5.56 Å². The fourth-order valence-electron chi connectivity index (χ4n) is 2.37. The number of rotatable bonds is 6. The van der Waals surface area contributed by atoms with Gasteiger partial charge in [0.2, 0.25) is 11.9 Å². The predicted molar refractivity (Wildman–Crippen MR) is 106 cm³/mol. The molecule has 0 saturated heterocycles. The number of hydrogen-bond donors (Lipinski definition) is 1. The Morgan fingerprint density at radius 2 is 2.07 bits per heavy atom. The highest BCUT2D eigenvalue weighted by Gasteiger charge is 2.15. The summed E-state index contributed by atoms with van der Waals surface area (Å²) >= 11 is 4.65. The van der Waals surface area contributed by atoms with Crippen LogP contribution in [0.3, 0.4) is 0 Å². The van der Waals surface area contributed by atoms with Crippen LogP contribution in [-0.2, 0) is 4.79 Å². The third kappa shape index (κ3) is 4.15. The zero-order valence-electron chi connectivity index (χ0n) is 14.3. The number of nitrogens with one attached hydrogen (secondary N) is 1. The summed E-state index contributed by atoms with van der Waals surface area (Å²) in [6, 6.07) is 13.0. The molecule has 0 bridgehead atoms. The number of aromatic nitrogens is 4. The number of benzene rings is 2. The first-order valence-corrected chi connectivity index (χ1v) is 9.86. The number of para-hydroxylation sites is 1. The second-order valence-corrected chi connectivity index (χ2v) is 7.31. The highest BCUT2D eigenvalue weighted by atomic mass is 79.9. The van der Waals surface area contributed by atoms with Crippen molar-refractivity contribution in [3.8, 4) is 17.2 Å². The molecule has 1 aliphatic rings. The van der Waals surface area contributed by atoms with E-state index in [0.29, 0.717) is 16.7 Å². The lowest BCUT2D eigenvalue weighted by Crippen LogP contribution is -2.20. The van der Waals surface area contributed by atoms with E-state index in [4.69, 9.17) is 9.47 Å². The predicted octanol–water partition coefficient (Wildman–Crippen LogP) is 2.40. The molecule has 9 nitrogen and oxygen atoms in total. The molecular formula is C17H13BrN6O3S. The van der Waals surface area contributed by atoms with E-state index in [2.05, 4.69) is 42.0 Å². The Kier molecular flexibility index (Phi) is 5.53. The number of amides is 1. The molecule has 0 unspecified atom stereocenters. The molecule has 4 rings (SSSR count). The fourth-order valence-corrected chi connectivity index (χ4v) is 3.48. The van der Waals surface area contributed by atoms with E-state index in [1.54, 1.807) is 16.8 Å². The van der Waals surface area contributed by atoms with Crippen LogP contribution < -0.4 is 14.9 Å². The molecule has 0 saturated carbocycles. The standard InChI is InChI=1S/C17H13BrN6O3S/c18-13-7-15-14(26-10-27-15)6-11(13)8-19-20-16(25)9-28-17-21-22-23-24(17)12-4-2-1-3-5-12/h1-8H,9-10H2,(H,20,25). The minimum absolute atomic E-state index is 0.118. The van der Waals surface area contributed by atoms with Crippen molar-refractivity contribution in [3.63, 3.8) is 0 Å². The van der Waals surface area contributed by atoms with Gasteiger partial charge in [-0.25, -0.2) is 5.43 Å². The van der Waals surface area contributed by atoms with Gasteiger partial charge < -0.3 is 9.47 Å². The van der Waals surface area contributed by atoms with Crippen molar-refractivity contribution in [2.75, 3.05) is 12.5 Å². The second kappa shape index (κ2) is 8.40. The number of carbonyl (C=O) groups excluding carboxylic acids is 1. The molecular weight excluding hydrogens is 448 g/mol. The van der Waals surface area contributed by atoms with Gasteiger partial charge in [-0.1, -0.05) is 30.0 Å². The Balaban J connectivity index is 1.34. The minimum Gasteiger partial charge on any atom is -0.454 e. The molecule has 1 amide bonds. The number of hydrazone groups is 1. The number of hydrogen-bond acceptors (Lipinski definition) is 8. The second-order valence-electron chi connectivity index (χ2n) is 5.52. The lowest BCUT2D eigenvalue weighted by atomic mass is 10.2. The molecule has 0 aliphatic carbocycles. The monoisotopic (exact) mass is 460 g/mol. The van der Waals surface area contributed by atoms with Crippen LogP contribution in [0, 0.1) is 0 Å². The van der Waals surface area contributed by atoms with E-state index >= 15 is 0 Å². The van der Waals surface area contributed by atoms with Crippen molar-refractivity contribution >= 4 is 39.8 Å². The van der Waals surface area contributed by atoms with E-state index in [-0.39, 0.29) is 18.5 Å². The highest BCUT2D eigenvalue weighted by molar-refractivity contribution is 9.10. The van der Waals surface area contributed by atoms with Crippen LogP contribution in [-0.4, -0.2) is 44.9 Å². The van der Waals surface area contributed by atoms with Crippen LogP contribution in [0.5, 0.6) is 11.5 Å². The summed E-state index contributed by atoms with van der Waals surface area (Å²) in [4.78, 5) is 12.1. The molecule has 0 fully saturated rings. The van der Waals surface area contributed by atoms with Gasteiger partial charge in [-0.2, -0.15) is 9.78 Å². The van der Waals surface area contributed by atoms with Crippen LogP contribution in [0.25, 0.3) is 5.69 Å². The third-order valence-electron chi connectivity index (χ3n) is 3.66. The molecule has 0 atom stereocenters. The van der Waals surface area contributed by atoms with E-state index < -0.39 is 0 Å². The number of carbonyl (C=O) groups is 1. The van der Waals surface area contributed by atoms with Crippen molar-refractivity contribution in [1.82, 2.24) is 25.6 Å². The minimum atomic E-state index is -0.277. The van der Waals surface area contributed by atoms with Crippen molar-refractivity contribution in [2.24, 2.45) is 5.10 Å². The quantitative estimate of drug-likeness (QED) is 0.342. The van der Waals surface area contributed by atoms with Crippen molar-refractivity contribution in [3.05, 3.63) is 52.5 Å². The van der Waals surface area contributed by atoms with E-state index in [0.717, 1.165) is 15.7 Å². The lowest BCUT2D eigenvalue weighted by Gasteiger charge is -2.04. The average molecular weight is 461 g/mol. The van der Waals surface area contributed by atoms with E-state index in [1.165, 1.54) is 18.0 Å². The molecule has 3 aromatic rings. The number of thioether (sulfide) groups is 1. The zero-order chi connectivity index (χ0) is 19.3. The van der Waals surface area contributed by atoms with Gasteiger partial charge in [0.05, 0.1) is 17.7 Å². The smallest absolute Gasteiger partial charge is 0.250 e. The number of halogens is 1. The summed E-state index contributed by atoms with van der Waals surface area (Å²) in [6.07, 6.45) is 1.53. The maximum atomic E-state index is 12.1. The Bertz CT molecular complexity index is 1030. The van der Waals surface area contributed by atoms with Gasteiger partial charge in [-0.3, -0.25) is 4.79 Å². The van der Waals surface area contributed by atoms with Crippen LogP contribution >= 0.6 is 27.7 Å². The van der Waals surface area contributed by atoms with E-state index in [9.17, 15) is 4.79 Å². The number of ether oxygens (including phenoxy) is 2. The molecule has 0 radical (unpaired) electrons. The van der Waals surface area contributed by atoms with E-state index in [1.807, 2.05) is 30.3 Å². The van der Waals surface area contributed by atoms with Crippen LogP contribution in [0.2, 0.25) is 0 Å². The summed E-state index contributed by atoms with van der Waals surface area (Å²) in [5.74, 6) is 1.15. The molecule has 28 heavy (non-hydrogen) atoms. The van der Waals surface area contributed by atoms with Crippen molar-refractivity contribution in [2.45, 2.75) is 5.16 Å². The molecule has 2 aromatic carbocycles. The largest absolute Gasteiger partial charge is 0.454 e. The molecule has 1 aromatic heterocycles. The summed E-state index contributed by atoms with van der Waals surface area (Å²) in [7, 11) is 0. The Morgan fingerprint density at radius 1 is 1.29 bits per heavy atom. The molecule has 1 N–H and O–H groups in total. The maximum Gasteiger partial charge on any atom is 0.250 e. The third-order valence-corrected chi connectivity index (χ3v) is 5.26. The maximum absolute atomic E-state index is 12.1. The topological polar surface area (TPSA) is 104 Å². The molecule has 2 heterocycles. The van der Waals surface area contributed by atoms with Gasteiger partial charge in [0.25, 0.3) is 5.91 Å². The number of fused-ring (bicyclic) bond motifs is 1. The number of tetrazole rings is 1. The number of nitrogens with zero attached hydrogens (tertiary/aromatic N) is 5. The molecule has 142 valence electrons. The van der Waals surface area contributed by atoms with Crippen LogP contribution in [0.15, 0.2) is 57.2 Å². The van der Waals surface area contributed by atoms with Gasteiger partial charge in [-0.05, 0) is 50.6 Å². The van der Waals surface area contributed by atoms with Gasteiger partial charge in [0, 0.05) is 10.0 Å². The van der Waals surface area contributed by atoms with Crippen molar-refractivity contribution in [1.29, 1.82) is 0 Å². The molecule has 11 heteroatoms. The highest BCUT2D eigenvalue weighted by Crippen LogP contribution is 2.36. The summed E-state index contributed by atoms with van der Waals surface area (Å²) in [5.41, 5.74) is 4.06. The van der Waals surface area contributed by atoms with Crippen LogP contribution in [0.4, 0.5) is 0 Å². The Labute approximate surface area is 172 Å². The summed E-state index contributed by atoms with van der Waals surface area (Å²) in [5, 5.41) is 16.1. The summed E-state index contributed by atoms with van der Waals surface area (Å²) < 4.78 is 13.0. The van der Waals surface area contributed by atoms with Crippen molar-refractivity contribution < 1.29 is 14.3 Å². The van der Waals surface area contributed by atoms with Gasteiger partial charge in [-0.15, -0.1) is 5.10 Å². The van der Waals surface area contributed by atoms with Gasteiger partial charge in [0.1, 0.15) is 0 Å². The molecule has 1 aliphatic heterocycles. The average Bonchev–Trinajstić information content (AvgIpc) is 3.36. The molecule has 0 spiro atoms. The van der Waals surface area contributed by atoms with Gasteiger partial charge in [0.15, 0.2) is 11.5 Å². The Hall–Kier alpha value is -2.92. The first-order chi connectivity index (χ1) is 13.7. The lowest BCUT2D eigenvalue weighted by molar-refractivity contribution is -0.118. The first-order valence-electron chi connectivity index (χ1n) is 8.08. The normalized spacial score (nSPS) is 12.5. The zero-order valence-corrected chi connectivity index (χ0v) is 16.7. The van der Waals surface area contributed by atoms with Gasteiger partial charge >= 0.3 is 0 Å².